The highest BCUT2D eigenvalue weighted by Gasteiger charge is 2.44. The highest BCUT2D eigenvalue weighted by atomic mass is 16.6. The fraction of sp³-hybridized carbons (Fsp3) is 0.737. The van der Waals surface area contributed by atoms with E-state index in [4.69, 9.17) is 9.47 Å². The minimum Gasteiger partial charge on any atom is -0.478 e. The Morgan fingerprint density at radius 2 is 1.88 bits per heavy atom. The summed E-state index contributed by atoms with van der Waals surface area (Å²) in [5.41, 5.74) is 0.447. The zero-order chi connectivity index (χ0) is 19.3. The van der Waals surface area contributed by atoms with Gasteiger partial charge in [0.05, 0.1) is 13.7 Å². The molecule has 0 bridgehead atoms. The van der Waals surface area contributed by atoms with Gasteiger partial charge in [-0.2, -0.15) is 0 Å². The molecule has 0 aromatic heterocycles. The normalized spacial score (nSPS) is 28.9. The SMILES string of the molecule is CCOC(=O)C1CC2CC(C=C(CC)C(=O)O)CCC2CN1C(=O)OC. The third kappa shape index (κ3) is 4.56. The molecule has 1 heterocycles. The van der Waals surface area contributed by atoms with Crippen LogP contribution in [0.1, 0.15) is 46.0 Å². The number of carboxylic acid groups (broad SMARTS) is 1. The molecule has 4 atom stereocenters. The smallest absolute Gasteiger partial charge is 0.410 e. The molecule has 0 aromatic rings. The Bertz CT molecular complexity index is 572. The predicted molar refractivity (Wildman–Crippen MR) is 94.5 cm³/mol. The second-order valence-electron chi connectivity index (χ2n) is 7.07. The third-order valence-electron chi connectivity index (χ3n) is 5.57. The van der Waals surface area contributed by atoms with Gasteiger partial charge in [0.2, 0.25) is 0 Å². The maximum Gasteiger partial charge on any atom is 0.410 e. The molecular weight excluding hydrogens is 338 g/mol. The Hall–Kier alpha value is -2.05. The van der Waals surface area contributed by atoms with Crippen LogP contribution in [0, 0.1) is 17.8 Å². The van der Waals surface area contributed by atoms with Gasteiger partial charge < -0.3 is 14.6 Å². The number of rotatable bonds is 5. The zero-order valence-electron chi connectivity index (χ0n) is 15.8. The maximum absolute atomic E-state index is 12.3. The number of fused-ring (bicyclic) bond motifs is 1. The van der Waals surface area contributed by atoms with Crippen LogP contribution in [-0.2, 0) is 19.1 Å². The van der Waals surface area contributed by atoms with Gasteiger partial charge in [0.1, 0.15) is 6.04 Å². The second-order valence-corrected chi connectivity index (χ2v) is 7.07. The zero-order valence-corrected chi connectivity index (χ0v) is 15.8. The van der Waals surface area contributed by atoms with Gasteiger partial charge in [-0.3, -0.25) is 4.90 Å². The van der Waals surface area contributed by atoms with E-state index in [9.17, 15) is 19.5 Å². The van der Waals surface area contributed by atoms with E-state index in [-0.39, 0.29) is 18.4 Å². The fourth-order valence-corrected chi connectivity index (χ4v) is 4.24. The summed E-state index contributed by atoms with van der Waals surface area (Å²) in [5, 5.41) is 9.25. The summed E-state index contributed by atoms with van der Waals surface area (Å²) < 4.78 is 10.00. The largest absolute Gasteiger partial charge is 0.478 e. The highest BCUT2D eigenvalue weighted by Crippen LogP contribution is 2.42. The Balaban J connectivity index is 2.14. The summed E-state index contributed by atoms with van der Waals surface area (Å²) in [4.78, 5) is 37.2. The van der Waals surface area contributed by atoms with E-state index < -0.39 is 24.1 Å². The van der Waals surface area contributed by atoms with Crippen molar-refractivity contribution in [2.24, 2.45) is 17.8 Å². The van der Waals surface area contributed by atoms with Gasteiger partial charge in [-0.05, 0) is 56.8 Å². The summed E-state index contributed by atoms with van der Waals surface area (Å²) in [6, 6.07) is -0.628. The quantitative estimate of drug-likeness (QED) is 0.593. The Morgan fingerprint density at radius 3 is 2.46 bits per heavy atom. The van der Waals surface area contributed by atoms with Crippen LogP contribution < -0.4 is 0 Å². The van der Waals surface area contributed by atoms with Crippen molar-refractivity contribution in [3.63, 3.8) is 0 Å². The molecule has 146 valence electrons. The molecule has 26 heavy (non-hydrogen) atoms. The van der Waals surface area contributed by atoms with Crippen LogP contribution in [0.4, 0.5) is 4.79 Å². The Morgan fingerprint density at radius 1 is 1.15 bits per heavy atom. The van der Waals surface area contributed by atoms with Gasteiger partial charge in [-0.25, -0.2) is 14.4 Å². The van der Waals surface area contributed by atoms with E-state index in [0.29, 0.717) is 30.9 Å². The molecule has 0 aromatic carbocycles. The number of piperidine rings is 1. The van der Waals surface area contributed by atoms with Crippen molar-refractivity contribution in [1.29, 1.82) is 0 Å². The number of esters is 1. The monoisotopic (exact) mass is 367 g/mol. The third-order valence-corrected chi connectivity index (χ3v) is 5.57. The number of hydrogen-bond donors (Lipinski definition) is 1. The molecule has 0 radical (unpaired) electrons. The predicted octanol–water partition coefficient (Wildman–Crippen LogP) is 2.84. The molecular formula is C19H29NO6. The van der Waals surface area contributed by atoms with Gasteiger partial charge in [-0.1, -0.05) is 13.0 Å². The first-order valence-electron chi connectivity index (χ1n) is 9.36. The number of ether oxygens (including phenoxy) is 2. The minimum absolute atomic E-state index is 0.204. The first-order valence-corrected chi connectivity index (χ1v) is 9.36. The van der Waals surface area contributed by atoms with Gasteiger partial charge >= 0.3 is 18.0 Å². The molecule has 1 saturated carbocycles. The first-order chi connectivity index (χ1) is 12.4. The summed E-state index contributed by atoms with van der Waals surface area (Å²) >= 11 is 0. The highest BCUT2D eigenvalue weighted by molar-refractivity contribution is 5.86. The molecule has 0 spiro atoms. The lowest BCUT2D eigenvalue weighted by Gasteiger charge is -2.45. The number of hydrogen-bond acceptors (Lipinski definition) is 5. The van der Waals surface area contributed by atoms with Crippen molar-refractivity contribution in [2.75, 3.05) is 20.3 Å². The first kappa shape index (κ1) is 20.3. The van der Waals surface area contributed by atoms with Crippen LogP contribution in [0.2, 0.25) is 0 Å². The molecule has 7 heteroatoms. The average molecular weight is 367 g/mol. The molecule has 1 aliphatic carbocycles. The van der Waals surface area contributed by atoms with Crippen molar-refractivity contribution in [3.05, 3.63) is 11.6 Å². The maximum atomic E-state index is 12.3. The topological polar surface area (TPSA) is 93.1 Å². The van der Waals surface area contributed by atoms with Crippen molar-refractivity contribution < 1.29 is 29.0 Å². The average Bonchev–Trinajstić information content (AvgIpc) is 2.64. The van der Waals surface area contributed by atoms with E-state index in [1.54, 1.807) is 6.92 Å². The van der Waals surface area contributed by atoms with Crippen molar-refractivity contribution in [1.82, 2.24) is 4.90 Å². The van der Waals surface area contributed by atoms with Crippen molar-refractivity contribution in [2.45, 2.75) is 52.0 Å². The molecule has 2 rings (SSSR count). The standard InChI is InChI=1S/C19H29NO6/c1-4-13(17(21)22)8-12-6-7-14-11-20(19(24)25-3)16(10-15(14)9-12)18(23)26-5-2/h8,12,14-16H,4-7,9-11H2,1-3H3,(H,21,22). The van der Waals surface area contributed by atoms with Crippen LogP contribution in [0.3, 0.4) is 0 Å². The van der Waals surface area contributed by atoms with Crippen LogP contribution in [0.15, 0.2) is 11.6 Å². The number of carbonyl (C=O) groups is 3. The minimum atomic E-state index is -0.862. The fourth-order valence-electron chi connectivity index (χ4n) is 4.24. The number of carbonyl (C=O) groups excluding carboxylic acids is 2. The van der Waals surface area contributed by atoms with E-state index >= 15 is 0 Å². The number of carboxylic acids is 1. The molecule has 1 aliphatic heterocycles. The molecule has 2 fully saturated rings. The Labute approximate surface area is 154 Å². The molecule has 4 unspecified atom stereocenters. The van der Waals surface area contributed by atoms with E-state index in [2.05, 4.69) is 0 Å². The van der Waals surface area contributed by atoms with Crippen LogP contribution in [-0.4, -0.2) is 54.3 Å². The number of amides is 1. The lowest BCUT2D eigenvalue weighted by Crippen LogP contribution is -2.55. The molecule has 1 N–H and O–H groups in total. The van der Waals surface area contributed by atoms with Crippen LogP contribution in [0.5, 0.6) is 0 Å². The van der Waals surface area contributed by atoms with Crippen molar-refractivity contribution >= 4 is 18.0 Å². The van der Waals surface area contributed by atoms with E-state index in [1.165, 1.54) is 12.0 Å². The van der Waals surface area contributed by atoms with E-state index in [1.807, 2.05) is 13.0 Å². The number of nitrogens with zero attached hydrogens (tertiary/aromatic N) is 1. The molecule has 1 saturated heterocycles. The summed E-state index contributed by atoms with van der Waals surface area (Å²) in [6.07, 6.45) is 5.07. The van der Waals surface area contributed by atoms with Gasteiger partial charge in [0.25, 0.3) is 0 Å². The van der Waals surface area contributed by atoms with Crippen LogP contribution >= 0.6 is 0 Å². The summed E-state index contributed by atoms with van der Waals surface area (Å²) in [5.74, 6) is -0.477. The molecule has 1 amide bonds. The Kier molecular flexibility index (Phi) is 7.06. The number of methoxy groups -OCH3 is 1. The van der Waals surface area contributed by atoms with Crippen molar-refractivity contribution in [3.8, 4) is 0 Å². The number of likely N-dealkylation sites (tertiary alicyclic amines) is 1. The molecule has 2 aliphatic rings. The second kappa shape index (κ2) is 9.05. The summed E-state index contributed by atoms with van der Waals surface area (Å²) in [7, 11) is 1.32. The summed E-state index contributed by atoms with van der Waals surface area (Å²) in [6.45, 7) is 4.34. The lowest BCUT2D eigenvalue weighted by atomic mass is 9.69. The molecule has 7 nitrogen and oxygen atoms in total. The lowest BCUT2D eigenvalue weighted by molar-refractivity contribution is -0.152. The van der Waals surface area contributed by atoms with Gasteiger partial charge in [-0.15, -0.1) is 0 Å². The van der Waals surface area contributed by atoms with E-state index in [0.717, 1.165) is 19.3 Å². The van der Waals surface area contributed by atoms with Gasteiger partial charge in [0, 0.05) is 12.1 Å². The number of aliphatic carboxylic acids is 1. The van der Waals surface area contributed by atoms with Gasteiger partial charge in [0.15, 0.2) is 0 Å². The number of allylic oxidation sites excluding steroid dienone is 1. The van der Waals surface area contributed by atoms with Crippen LogP contribution in [0.25, 0.3) is 0 Å².